The zero-order valence-corrected chi connectivity index (χ0v) is 11.8. The second-order valence-corrected chi connectivity index (χ2v) is 5.14. The lowest BCUT2D eigenvalue weighted by atomic mass is 10.1. The summed E-state index contributed by atoms with van der Waals surface area (Å²) in [5, 5.41) is 3.28. The number of aryl methyl sites for hydroxylation is 4. The molecule has 1 aromatic carbocycles. The number of hydrogen-bond acceptors (Lipinski definition) is 3. The fraction of sp³-hybridized carbons (Fsp3) is 0.333. The molecule has 0 spiro atoms. The van der Waals surface area contributed by atoms with Gasteiger partial charge in [0, 0.05) is 13.0 Å². The van der Waals surface area contributed by atoms with E-state index >= 15 is 0 Å². The normalized spacial score (nSPS) is 11.3. The SMILES string of the molecule is Cc1cccc(CCc2nc3nc(C)c(CN)n3[nH]2)c1. The van der Waals surface area contributed by atoms with E-state index in [1.807, 2.05) is 11.4 Å². The van der Waals surface area contributed by atoms with Crippen LogP contribution in [0.5, 0.6) is 0 Å². The number of aromatic amines is 1. The number of rotatable bonds is 4. The number of aromatic nitrogens is 4. The Morgan fingerprint density at radius 3 is 2.80 bits per heavy atom. The highest BCUT2D eigenvalue weighted by Crippen LogP contribution is 2.11. The molecule has 0 amide bonds. The van der Waals surface area contributed by atoms with Crippen molar-refractivity contribution in [3.8, 4) is 0 Å². The van der Waals surface area contributed by atoms with Crippen LogP contribution in [0.4, 0.5) is 0 Å². The molecule has 0 aliphatic rings. The summed E-state index contributed by atoms with van der Waals surface area (Å²) < 4.78 is 1.89. The van der Waals surface area contributed by atoms with Gasteiger partial charge < -0.3 is 5.73 Å². The number of hydrogen-bond donors (Lipinski definition) is 2. The van der Waals surface area contributed by atoms with Crippen LogP contribution in [-0.4, -0.2) is 19.6 Å². The maximum atomic E-state index is 5.74. The molecular formula is C15H19N5. The van der Waals surface area contributed by atoms with Gasteiger partial charge in [0.1, 0.15) is 5.82 Å². The van der Waals surface area contributed by atoms with Gasteiger partial charge in [0.15, 0.2) is 0 Å². The van der Waals surface area contributed by atoms with Gasteiger partial charge in [-0.1, -0.05) is 29.8 Å². The molecular weight excluding hydrogens is 250 g/mol. The summed E-state index contributed by atoms with van der Waals surface area (Å²) in [6, 6.07) is 8.57. The summed E-state index contributed by atoms with van der Waals surface area (Å²) in [7, 11) is 0. The number of imidazole rings is 1. The smallest absolute Gasteiger partial charge is 0.251 e. The molecule has 3 aromatic rings. The summed E-state index contributed by atoms with van der Waals surface area (Å²) in [6.45, 7) is 4.53. The predicted octanol–water partition coefficient (Wildman–Crippen LogP) is 1.92. The third-order valence-corrected chi connectivity index (χ3v) is 3.56. The lowest BCUT2D eigenvalue weighted by Gasteiger charge is -2.01. The number of nitrogens with one attached hydrogen (secondary N) is 1. The van der Waals surface area contributed by atoms with E-state index in [1.165, 1.54) is 11.1 Å². The molecule has 5 nitrogen and oxygen atoms in total. The van der Waals surface area contributed by atoms with Gasteiger partial charge in [-0.25, -0.2) is 9.50 Å². The second kappa shape index (κ2) is 5.09. The van der Waals surface area contributed by atoms with Crippen molar-refractivity contribution in [2.75, 3.05) is 0 Å². The first-order valence-electron chi connectivity index (χ1n) is 6.86. The molecule has 2 heterocycles. The van der Waals surface area contributed by atoms with E-state index in [1.54, 1.807) is 0 Å². The molecule has 0 unspecified atom stereocenters. The van der Waals surface area contributed by atoms with Gasteiger partial charge in [-0.3, -0.25) is 5.10 Å². The average Bonchev–Trinajstić information content (AvgIpc) is 2.92. The standard InChI is InChI=1S/C15H19N5/c1-10-4-3-5-12(8-10)6-7-14-18-15-17-11(2)13(9-16)20(15)19-14/h3-5,8H,6-7,9,16H2,1-2H3,(H,17,18,19). The molecule has 0 atom stereocenters. The van der Waals surface area contributed by atoms with Crippen molar-refractivity contribution in [2.24, 2.45) is 5.73 Å². The first kappa shape index (κ1) is 12.9. The van der Waals surface area contributed by atoms with Crippen LogP contribution in [0.2, 0.25) is 0 Å². The van der Waals surface area contributed by atoms with Crippen molar-refractivity contribution >= 4 is 5.78 Å². The molecule has 5 heteroatoms. The van der Waals surface area contributed by atoms with Gasteiger partial charge in [0.25, 0.3) is 5.78 Å². The van der Waals surface area contributed by atoms with Crippen molar-refractivity contribution < 1.29 is 0 Å². The molecule has 0 radical (unpaired) electrons. The molecule has 0 saturated heterocycles. The topological polar surface area (TPSA) is 72.0 Å². The van der Waals surface area contributed by atoms with Crippen molar-refractivity contribution in [1.29, 1.82) is 0 Å². The molecule has 0 saturated carbocycles. The largest absolute Gasteiger partial charge is 0.325 e. The zero-order chi connectivity index (χ0) is 14.1. The fourth-order valence-corrected chi connectivity index (χ4v) is 2.50. The molecule has 2 aromatic heterocycles. The highest BCUT2D eigenvalue weighted by atomic mass is 15.3. The zero-order valence-electron chi connectivity index (χ0n) is 11.8. The number of fused-ring (bicyclic) bond motifs is 1. The number of nitrogens with zero attached hydrogens (tertiary/aromatic N) is 3. The maximum absolute atomic E-state index is 5.74. The lowest BCUT2D eigenvalue weighted by Crippen LogP contribution is -2.04. The van der Waals surface area contributed by atoms with Crippen LogP contribution in [0.25, 0.3) is 5.78 Å². The predicted molar refractivity (Wildman–Crippen MR) is 78.6 cm³/mol. The molecule has 20 heavy (non-hydrogen) atoms. The molecule has 0 aliphatic heterocycles. The fourth-order valence-electron chi connectivity index (χ4n) is 2.50. The Labute approximate surface area is 117 Å². The Morgan fingerprint density at radius 1 is 1.20 bits per heavy atom. The maximum Gasteiger partial charge on any atom is 0.251 e. The van der Waals surface area contributed by atoms with Gasteiger partial charge in [-0.05, 0) is 25.8 Å². The summed E-state index contributed by atoms with van der Waals surface area (Å²) in [4.78, 5) is 8.93. The highest BCUT2D eigenvalue weighted by Gasteiger charge is 2.11. The third-order valence-electron chi connectivity index (χ3n) is 3.56. The van der Waals surface area contributed by atoms with Crippen molar-refractivity contribution in [3.63, 3.8) is 0 Å². The highest BCUT2D eigenvalue weighted by molar-refractivity contribution is 5.34. The molecule has 3 N–H and O–H groups in total. The average molecular weight is 269 g/mol. The van der Waals surface area contributed by atoms with E-state index in [0.717, 1.165) is 30.1 Å². The molecule has 0 aliphatic carbocycles. The summed E-state index contributed by atoms with van der Waals surface area (Å²) in [6.07, 6.45) is 1.84. The minimum absolute atomic E-state index is 0.465. The quantitative estimate of drug-likeness (QED) is 0.760. The summed E-state index contributed by atoms with van der Waals surface area (Å²) >= 11 is 0. The number of H-pyrrole nitrogens is 1. The third kappa shape index (κ3) is 2.32. The number of benzene rings is 1. The van der Waals surface area contributed by atoms with E-state index in [2.05, 4.69) is 46.3 Å². The lowest BCUT2D eigenvalue weighted by molar-refractivity contribution is 0.800. The van der Waals surface area contributed by atoms with Gasteiger partial charge in [-0.2, -0.15) is 4.98 Å². The van der Waals surface area contributed by atoms with Crippen molar-refractivity contribution in [1.82, 2.24) is 19.6 Å². The monoisotopic (exact) mass is 269 g/mol. The van der Waals surface area contributed by atoms with Crippen LogP contribution >= 0.6 is 0 Å². The Morgan fingerprint density at radius 2 is 2.05 bits per heavy atom. The van der Waals surface area contributed by atoms with Gasteiger partial charge in [0.05, 0.1) is 11.4 Å². The van der Waals surface area contributed by atoms with Crippen molar-refractivity contribution in [3.05, 3.63) is 52.6 Å². The number of nitrogens with two attached hydrogens (primary N) is 1. The van der Waals surface area contributed by atoms with Gasteiger partial charge >= 0.3 is 0 Å². The Kier molecular flexibility index (Phi) is 3.28. The minimum Gasteiger partial charge on any atom is -0.325 e. The van der Waals surface area contributed by atoms with Crippen LogP contribution in [0.15, 0.2) is 24.3 Å². The van der Waals surface area contributed by atoms with Gasteiger partial charge in [-0.15, -0.1) is 0 Å². The summed E-state index contributed by atoms with van der Waals surface area (Å²) in [5.41, 5.74) is 10.3. The molecule has 0 bridgehead atoms. The first-order valence-corrected chi connectivity index (χ1v) is 6.86. The Balaban J connectivity index is 1.79. The van der Waals surface area contributed by atoms with E-state index in [0.29, 0.717) is 12.3 Å². The molecule has 0 fully saturated rings. The second-order valence-electron chi connectivity index (χ2n) is 5.14. The van der Waals surface area contributed by atoms with Crippen LogP contribution < -0.4 is 5.73 Å². The van der Waals surface area contributed by atoms with E-state index in [4.69, 9.17) is 5.73 Å². The summed E-state index contributed by atoms with van der Waals surface area (Å²) in [5.74, 6) is 1.66. The first-order chi connectivity index (χ1) is 9.67. The Bertz CT molecular complexity index is 738. The van der Waals surface area contributed by atoms with Crippen LogP contribution in [-0.2, 0) is 19.4 Å². The van der Waals surface area contributed by atoms with Crippen LogP contribution in [0.1, 0.15) is 28.3 Å². The van der Waals surface area contributed by atoms with E-state index < -0.39 is 0 Å². The van der Waals surface area contributed by atoms with E-state index in [9.17, 15) is 0 Å². The molecule has 3 rings (SSSR count). The molecule has 104 valence electrons. The van der Waals surface area contributed by atoms with Crippen molar-refractivity contribution in [2.45, 2.75) is 33.2 Å². The van der Waals surface area contributed by atoms with Crippen LogP contribution in [0.3, 0.4) is 0 Å². The van der Waals surface area contributed by atoms with Gasteiger partial charge in [0.2, 0.25) is 0 Å². The van der Waals surface area contributed by atoms with E-state index in [-0.39, 0.29) is 0 Å². The van der Waals surface area contributed by atoms with Crippen LogP contribution in [0, 0.1) is 13.8 Å². The minimum atomic E-state index is 0.465. The Hall–Kier alpha value is -2.14.